The number of ether oxygens (including phenoxy) is 2. The fourth-order valence-corrected chi connectivity index (χ4v) is 3.18. The van der Waals surface area contributed by atoms with Gasteiger partial charge in [0.2, 0.25) is 0 Å². The second kappa shape index (κ2) is 5.36. The van der Waals surface area contributed by atoms with Crippen LogP contribution < -0.4 is 0 Å². The van der Waals surface area contributed by atoms with E-state index in [4.69, 9.17) is 9.47 Å². The van der Waals surface area contributed by atoms with Crippen molar-refractivity contribution in [3.05, 3.63) is 0 Å². The number of aliphatic carboxylic acids is 1. The smallest absolute Gasteiger partial charge is 0.309 e. The van der Waals surface area contributed by atoms with Crippen molar-refractivity contribution in [1.29, 1.82) is 0 Å². The van der Waals surface area contributed by atoms with Gasteiger partial charge >= 0.3 is 5.97 Å². The second-order valence-corrected chi connectivity index (χ2v) is 5.30. The normalized spacial score (nSPS) is 36.2. The molecular formula is C13H22O4. The Kier molecular flexibility index (Phi) is 4.05. The minimum absolute atomic E-state index is 0.126. The number of rotatable bonds is 4. The summed E-state index contributed by atoms with van der Waals surface area (Å²) in [4.78, 5) is 11.3. The van der Waals surface area contributed by atoms with Gasteiger partial charge in [-0.25, -0.2) is 0 Å². The Morgan fingerprint density at radius 1 is 1.41 bits per heavy atom. The molecule has 0 amide bonds. The van der Waals surface area contributed by atoms with E-state index in [1.807, 2.05) is 6.92 Å². The van der Waals surface area contributed by atoms with Gasteiger partial charge in [-0.05, 0) is 32.1 Å². The van der Waals surface area contributed by atoms with Crippen molar-refractivity contribution in [3.8, 4) is 0 Å². The van der Waals surface area contributed by atoms with Crippen molar-refractivity contribution in [1.82, 2.24) is 0 Å². The van der Waals surface area contributed by atoms with Gasteiger partial charge in [-0.3, -0.25) is 4.79 Å². The molecule has 1 N–H and O–H groups in total. The molecule has 4 unspecified atom stereocenters. The van der Waals surface area contributed by atoms with Gasteiger partial charge in [0.25, 0.3) is 0 Å². The molecule has 4 heteroatoms. The zero-order valence-electron chi connectivity index (χ0n) is 10.6. The molecule has 0 aromatic heterocycles. The first kappa shape index (κ1) is 12.8. The maximum absolute atomic E-state index is 11.3. The standard InChI is InChI=1S/C13H22O4/c1-8(16-2)12-10(13(14)15)7-11(17-12)9-5-3-4-6-9/h8-12H,3-7H2,1-2H3,(H,14,15). The van der Waals surface area contributed by atoms with Crippen LogP contribution in [0.1, 0.15) is 39.0 Å². The fraction of sp³-hybridized carbons (Fsp3) is 0.923. The predicted octanol–water partition coefficient (Wildman–Crippen LogP) is 2.07. The van der Waals surface area contributed by atoms with Crippen molar-refractivity contribution >= 4 is 5.97 Å². The first-order valence-corrected chi connectivity index (χ1v) is 6.54. The number of hydrogen-bond acceptors (Lipinski definition) is 3. The molecule has 2 aliphatic rings. The molecule has 2 rings (SSSR count). The monoisotopic (exact) mass is 242 g/mol. The number of carboxylic acids is 1. The molecule has 0 bridgehead atoms. The molecule has 0 aromatic carbocycles. The Morgan fingerprint density at radius 2 is 2.06 bits per heavy atom. The molecule has 1 saturated heterocycles. The Morgan fingerprint density at radius 3 is 2.59 bits per heavy atom. The Labute approximate surface area is 102 Å². The SMILES string of the molecule is COC(C)C1OC(C2CCCC2)CC1C(=O)O. The van der Waals surface area contributed by atoms with Crippen molar-refractivity contribution in [2.24, 2.45) is 11.8 Å². The highest BCUT2D eigenvalue weighted by atomic mass is 16.5. The summed E-state index contributed by atoms with van der Waals surface area (Å²) < 4.78 is 11.2. The van der Waals surface area contributed by atoms with Crippen LogP contribution in [0, 0.1) is 11.8 Å². The van der Waals surface area contributed by atoms with Crippen LogP contribution in [0.3, 0.4) is 0 Å². The van der Waals surface area contributed by atoms with Crippen LogP contribution in [0.5, 0.6) is 0 Å². The van der Waals surface area contributed by atoms with Crippen LogP contribution in [-0.2, 0) is 14.3 Å². The molecule has 0 radical (unpaired) electrons. The van der Waals surface area contributed by atoms with Gasteiger partial charge < -0.3 is 14.6 Å². The summed E-state index contributed by atoms with van der Waals surface area (Å²) in [6.45, 7) is 1.89. The van der Waals surface area contributed by atoms with Gasteiger partial charge in [0.15, 0.2) is 0 Å². The van der Waals surface area contributed by atoms with Crippen LogP contribution >= 0.6 is 0 Å². The van der Waals surface area contributed by atoms with E-state index in [1.54, 1.807) is 7.11 Å². The predicted molar refractivity (Wildman–Crippen MR) is 62.8 cm³/mol. The van der Waals surface area contributed by atoms with Crippen LogP contribution in [0.25, 0.3) is 0 Å². The minimum atomic E-state index is -0.751. The third-order valence-corrected chi connectivity index (χ3v) is 4.29. The lowest BCUT2D eigenvalue weighted by Gasteiger charge is -2.23. The molecule has 4 nitrogen and oxygen atoms in total. The van der Waals surface area contributed by atoms with Crippen molar-refractivity contribution in [3.63, 3.8) is 0 Å². The Bertz CT molecular complexity index is 273. The molecule has 17 heavy (non-hydrogen) atoms. The zero-order valence-corrected chi connectivity index (χ0v) is 10.6. The fourth-order valence-electron chi connectivity index (χ4n) is 3.18. The highest BCUT2D eigenvalue weighted by molar-refractivity contribution is 5.71. The molecule has 1 heterocycles. The lowest BCUT2D eigenvalue weighted by molar-refractivity contribution is -0.147. The van der Waals surface area contributed by atoms with Crippen molar-refractivity contribution in [2.45, 2.75) is 57.3 Å². The molecule has 98 valence electrons. The third-order valence-electron chi connectivity index (χ3n) is 4.29. The van der Waals surface area contributed by atoms with E-state index < -0.39 is 11.9 Å². The Hall–Kier alpha value is -0.610. The quantitative estimate of drug-likeness (QED) is 0.820. The molecule has 0 aromatic rings. The summed E-state index contributed by atoms with van der Waals surface area (Å²) in [5.74, 6) is -0.596. The van der Waals surface area contributed by atoms with Gasteiger partial charge in [0.05, 0.1) is 24.2 Å². The van der Waals surface area contributed by atoms with E-state index in [0.717, 1.165) is 0 Å². The number of hydrogen-bond donors (Lipinski definition) is 1. The summed E-state index contributed by atoms with van der Waals surface area (Å²) in [7, 11) is 1.61. The average Bonchev–Trinajstić information content (AvgIpc) is 2.95. The molecule has 1 aliphatic heterocycles. The number of methoxy groups -OCH3 is 1. The first-order valence-electron chi connectivity index (χ1n) is 6.54. The number of carboxylic acid groups (broad SMARTS) is 1. The number of carbonyl (C=O) groups is 1. The lowest BCUT2D eigenvalue weighted by atomic mass is 9.91. The molecule has 4 atom stereocenters. The summed E-state index contributed by atoms with van der Waals surface area (Å²) in [5.41, 5.74) is 0. The lowest BCUT2D eigenvalue weighted by Crippen LogP contribution is -2.34. The van der Waals surface area contributed by atoms with E-state index in [-0.39, 0.29) is 18.3 Å². The van der Waals surface area contributed by atoms with E-state index in [2.05, 4.69) is 0 Å². The zero-order chi connectivity index (χ0) is 12.4. The van der Waals surface area contributed by atoms with E-state index in [0.29, 0.717) is 12.3 Å². The molecule has 0 spiro atoms. The summed E-state index contributed by atoms with van der Waals surface area (Å²) in [6.07, 6.45) is 5.22. The molecule has 1 saturated carbocycles. The summed E-state index contributed by atoms with van der Waals surface area (Å²) >= 11 is 0. The molecule has 1 aliphatic carbocycles. The highest BCUT2D eigenvalue weighted by Crippen LogP contribution is 2.39. The van der Waals surface area contributed by atoms with Crippen molar-refractivity contribution < 1.29 is 19.4 Å². The maximum Gasteiger partial charge on any atom is 0.309 e. The van der Waals surface area contributed by atoms with Crippen LogP contribution in [0.4, 0.5) is 0 Å². The van der Waals surface area contributed by atoms with E-state index in [1.165, 1.54) is 25.7 Å². The highest BCUT2D eigenvalue weighted by Gasteiger charge is 2.45. The molecular weight excluding hydrogens is 220 g/mol. The van der Waals surface area contributed by atoms with Crippen molar-refractivity contribution in [2.75, 3.05) is 7.11 Å². The van der Waals surface area contributed by atoms with Gasteiger partial charge in [-0.1, -0.05) is 12.8 Å². The minimum Gasteiger partial charge on any atom is -0.481 e. The van der Waals surface area contributed by atoms with Gasteiger partial charge in [-0.15, -0.1) is 0 Å². The van der Waals surface area contributed by atoms with Gasteiger partial charge in [0.1, 0.15) is 0 Å². The van der Waals surface area contributed by atoms with Crippen LogP contribution in [0.2, 0.25) is 0 Å². The molecule has 2 fully saturated rings. The van der Waals surface area contributed by atoms with Gasteiger partial charge in [-0.2, -0.15) is 0 Å². The van der Waals surface area contributed by atoms with Crippen LogP contribution in [-0.4, -0.2) is 36.5 Å². The maximum atomic E-state index is 11.3. The van der Waals surface area contributed by atoms with Crippen LogP contribution in [0.15, 0.2) is 0 Å². The topological polar surface area (TPSA) is 55.8 Å². The van der Waals surface area contributed by atoms with E-state index >= 15 is 0 Å². The summed E-state index contributed by atoms with van der Waals surface area (Å²) in [6, 6.07) is 0. The Balaban J connectivity index is 2.02. The second-order valence-electron chi connectivity index (χ2n) is 5.30. The first-order chi connectivity index (χ1) is 8.13. The van der Waals surface area contributed by atoms with Gasteiger partial charge in [0, 0.05) is 7.11 Å². The summed E-state index contributed by atoms with van der Waals surface area (Å²) in [5, 5.41) is 9.25. The van der Waals surface area contributed by atoms with E-state index in [9.17, 15) is 9.90 Å². The largest absolute Gasteiger partial charge is 0.481 e. The third kappa shape index (κ3) is 2.63. The average molecular weight is 242 g/mol.